The van der Waals surface area contributed by atoms with Gasteiger partial charge in [-0.3, -0.25) is 0 Å². The van der Waals surface area contributed by atoms with Crippen LogP contribution in [0, 0.1) is 0 Å². The van der Waals surface area contributed by atoms with Gasteiger partial charge in [-0.25, -0.2) is 0 Å². The van der Waals surface area contributed by atoms with Crippen molar-refractivity contribution in [1.82, 2.24) is 5.32 Å². The Morgan fingerprint density at radius 3 is 2.95 bits per heavy atom. The van der Waals surface area contributed by atoms with Crippen molar-refractivity contribution in [1.29, 1.82) is 0 Å². The van der Waals surface area contributed by atoms with Gasteiger partial charge in [0.15, 0.2) is 11.5 Å². The monoisotopic (exact) mass is 313 g/mol. The van der Waals surface area contributed by atoms with E-state index in [1.54, 1.807) is 7.11 Å². The van der Waals surface area contributed by atoms with Crippen LogP contribution in [0.1, 0.15) is 31.7 Å². The van der Waals surface area contributed by atoms with E-state index in [0.29, 0.717) is 23.1 Å². The highest BCUT2D eigenvalue weighted by molar-refractivity contribution is 6.32. The van der Waals surface area contributed by atoms with E-state index in [4.69, 9.17) is 25.8 Å². The summed E-state index contributed by atoms with van der Waals surface area (Å²) in [5.74, 6) is 1.30. The highest BCUT2D eigenvalue weighted by Gasteiger charge is 2.20. The van der Waals surface area contributed by atoms with Gasteiger partial charge < -0.3 is 19.5 Å². The number of methoxy groups -OCH3 is 1. The van der Waals surface area contributed by atoms with Gasteiger partial charge in [0.25, 0.3) is 0 Å². The fraction of sp³-hybridized carbons (Fsp3) is 0.625. The van der Waals surface area contributed by atoms with Crippen LogP contribution in [-0.2, 0) is 11.3 Å². The largest absolute Gasteiger partial charge is 0.493 e. The molecule has 1 unspecified atom stereocenters. The lowest BCUT2D eigenvalue weighted by Crippen LogP contribution is -2.28. The molecule has 0 saturated carbocycles. The van der Waals surface area contributed by atoms with Crippen molar-refractivity contribution >= 4 is 11.6 Å². The van der Waals surface area contributed by atoms with Crippen molar-refractivity contribution in [2.45, 2.75) is 38.8 Å². The first kappa shape index (κ1) is 16.4. The summed E-state index contributed by atoms with van der Waals surface area (Å²) in [6.07, 6.45) is 3.16. The lowest BCUT2D eigenvalue weighted by atomic mass is 10.1. The quantitative estimate of drug-likeness (QED) is 0.783. The van der Waals surface area contributed by atoms with E-state index in [9.17, 15) is 0 Å². The van der Waals surface area contributed by atoms with E-state index >= 15 is 0 Å². The molecule has 5 heteroatoms. The maximum absolute atomic E-state index is 6.37. The molecule has 1 atom stereocenters. The fourth-order valence-corrected chi connectivity index (χ4v) is 2.65. The molecule has 0 radical (unpaired) electrons. The van der Waals surface area contributed by atoms with E-state index in [-0.39, 0.29) is 6.10 Å². The minimum Gasteiger partial charge on any atom is -0.493 e. The second-order valence-electron chi connectivity index (χ2n) is 5.24. The summed E-state index contributed by atoms with van der Waals surface area (Å²) in [5, 5.41) is 3.95. The number of hydrogen-bond acceptors (Lipinski definition) is 4. The Balaban J connectivity index is 2.08. The molecule has 118 valence electrons. The van der Waals surface area contributed by atoms with Crippen LogP contribution in [0.15, 0.2) is 12.1 Å². The molecule has 1 aliphatic heterocycles. The van der Waals surface area contributed by atoms with Gasteiger partial charge in [-0.1, -0.05) is 18.5 Å². The van der Waals surface area contributed by atoms with Crippen molar-refractivity contribution in [2.75, 3.05) is 26.9 Å². The molecule has 1 aliphatic rings. The van der Waals surface area contributed by atoms with Gasteiger partial charge in [-0.2, -0.15) is 0 Å². The number of benzene rings is 1. The standard InChI is InChI=1S/C16H24ClNO3/c1-3-6-18-10-12-8-14(17)16(15(9-12)19-2)21-13-5-4-7-20-11-13/h8-9,13,18H,3-7,10-11H2,1-2H3. The molecule has 0 aromatic heterocycles. The molecule has 1 aromatic rings. The maximum Gasteiger partial charge on any atom is 0.180 e. The topological polar surface area (TPSA) is 39.7 Å². The molecule has 4 nitrogen and oxygen atoms in total. The second-order valence-corrected chi connectivity index (χ2v) is 5.65. The smallest absolute Gasteiger partial charge is 0.180 e. The molecule has 1 fully saturated rings. The van der Waals surface area contributed by atoms with E-state index < -0.39 is 0 Å². The van der Waals surface area contributed by atoms with Crippen molar-refractivity contribution in [2.24, 2.45) is 0 Å². The van der Waals surface area contributed by atoms with E-state index in [1.165, 1.54) is 0 Å². The molecule has 21 heavy (non-hydrogen) atoms. The highest BCUT2D eigenvalue weighted by Crippen LogP contribution is 2.37. The van der Waals surface area contributed by atoms with Gasteiger partial charge in [0.1, 0.15) is 6.10 Å². The molecular weight excluding hydrogens is 290 g/mol. The zero-order chi connectivity index (χ0) is 15.1. The van der Waals surface area contributed by atoms with Crippen LogP contribution in [0.4, 0.5) is 0 Å². The zero-order valence-electron chi connectivity index (χ0n) is 12.8. The number of nitrogens with one attached hydrogen (secondary N) is 1. The maximum atomic E-state index is 6.37. The third kappa shape index (κ3) is 4.77. The SMILES string of the molecule is CCCNCc1cc(Cl)c(OC2CCCOC2)c(OC)c1. The van der Waals surface area contributed by atoms with Gasteiger partial charge in [-0.15, -0.1) is 0 Å². The minimum atomic E-state index is 0.0502. The Morgan fingerprint density at radius 1 is 1.43 bits per heavy atom. The second kappa shape index (κ2) is 8.47. The molecule has 0 aliphatic carbocycles. The molecule has 0 bridgehead atoms. The summed E-state index contributed by atoms with van der Waals surface area (Å²) < 4.78 is 16.9. The fourth-order valence-electron chi connectivity index (χ4n) is 2.37. The molecule has 1 aromatic carbocycles. The number of ether oxygens (including phenoxy) is 3. The van der Waals surface area contributed by atoms with Crippen molar-refractivity contribution < 1.29 is 14.2 Å². The van der Waals surface area contributed by atoms with Crippen LogP contribution in [-0.4, -0.2) is 33.0 Å². The summed E-state index contributed by atoms with van der Waals surface area (Å²) in [6, 6.07) is 3.92. The van der Waals surface area contributed by atoms with Crippen LogP contribution < -0.4 is 14.8 Å². The first-order chi connectivity index (χ1) is 10.2. The number of hydrogen-bond donors (Lipinski definition) is 1. The van der Waals surface area contributed by atoms with Crippen LogP contribution in [0.2, 0.25) is 5.02 Å². The van der Waals surface area contributed by atoms with Gasteiger partial charge in [-0.05, 0) is 43.5 Å². The summed E-state index contributed by atoms with van der Waals surface area (Å²) >= 11 is 6.37. The summed E-state index contributed by atoms with van der Waals surface area (Å²) in [4.78, 5) is 0. The van der Waals surface area contributed by atoms with Gasteiger partial charge in [0.05, 0.1) is 18.7 Å². The van der Waals surface area contributed by atoms with Crippen molar-refractivity contribution in [3.8, 4) is 11.5 Å². The van der Waals surface area contributed by atoms with E-state index in [1.807, 2.05) is 12.1 Å². The molecule has 0 spiro atoms. The van der Waals surface area contributed by atoms with Gasteiger partial charge in [0.2, 0.25) is 0 Å². The third-order valence-corrected chi connectivity index (χ3v) is 3.73. The van der Waals surface area contributed by atoms with E-state index in [2.05, 4.69) is 12.2 Å². The molecule has 1 N–H and O–H groups in total. The Labute approximate surface area is 131 Å². The number of rotatable bonds is 7. The van der Waals surface area contributed by atoms with Crippen LogP contribution in [0.5, 0.6) is 11.5 Å². The lowest BCUT2D eigenvalue weighted by molar-refractivity contribution is 0.00648. The van der Waals surface area contributed by atoms with Gasteiger partial charge in [0, 0.05) is 13.2 Å². The van der Waals surface area contributed by atoms with Crippen LogP contribution in [0.3, 0.4) is 0 Å². The van der Waals surface area contributed by atoms with Crippen molar-refractivity contribution in [3.63, 3.8) is 0 Å². The Hall–Kier alpha value is -0.970. The normalized spacial score (nSPS) is 18.5. The summed E-state index contributed by atoms with van der Waals surface area (Å²) in [5.41, 5.74) is 1.09. The average molecular weight is 314 g/mol. The first-order valence-corrected chi connectivity index (χ1v) is 7.94. The predicted octanol–water partition coefficient (Wildman–Crippen LogP) is 3.41. The zero-order valence-corrected chi connectivity index (χ0v) is 13.5. The Bertz CT molecular complexity index is 447. The summed E-state index contributed by atoms with van der Waals surface area (Å²) in [7, 11) is 1.64. The molecule has 1 heterocycles. The Morgan fingerprint density at radius 2 is 2.29 bits per heavy atom. The number of halogens is 1. The van der Waals surface area contributed by atoms with Gasteiger partial charge >= 0.3 is 0 Å². The van der Waals surface area contributed by atoms with Crippen molar-refractivity contribution in [3.05, 3.63) is 22.7 Å². The first-order valence-electron chi connectivity index (χ1n) is 7.56. The minimum absolute atomic E-state index is 0.0502. The van der Waals surface area contributed by atoms with E-state index in [0.717, 1.165) is 44.5 Å². The molecular formula is C16H24ClNO3. The highest BCUT2D eigenvalue weighted by atomic mass is 35.5. The molecule has 2 rings (SSSR count). The summed E-state index contributed by atoms with van der Waals surface area (Å²) in [6.45, 7) is 5.32. The predicted molar refractivity (Wildman–Crippen MR) is 84.5 cm³/mol. The van der Waals surface area contributed by atoms with Crippen LogP contribution >= 0.6 is 11.6 Å². The molecule has 0 amide bonds. The Kier molecular flexibility index (Phi) is 6.61. The van der Waals surface area contributed by atoms with Crippen LogP contribution in [0.25, 0.3) is 0 Å². The third-order valence-electron chi connectivity index (χ3n) is 3.45. The lowest BCUT2D eigenvalue weighted by Gasteiger charge is -2.25. The molecule has 1 saturated heterocycles. The average Bonchev–Trinajstić information content (AvgIpc) is 2.51.